The largest absolute Gasteiger partial charge is 0.468 e. The highest BCUT2D eigenvalue weighted by Gasteiger charge is 2.20. The molecule has 0 unspecified atom stereocenters. The van der Waals surface area contributed by atoms with Crippen LogP contribution in [-0.4, -0.2) is 19.6 Å². The van der Waals surface area contributed by atoms with Crippen molar-refractivity contribution in [1.82, 2.24) is 5.32 Å². The maximum absolute atomic E-state index is 12.2. The Morgan fingerprint density at radius 3 is 1.81 bits per heavy atom. The Balaban J connectivity index is 1.84. The summed E-state index contributed by atoms with van der Waals surface area (Å²) in [5.41, 5.74) is 4.29. The summed E-state index contributed by atoms with van der Waals surface area (Å²) in [6.45, 7) is 0.535. The van der Waals surface area contributed by atoms with Crippen LogP contribution in [0.1, 0.15) is 22.7 Å². The zero-order chi connectivity index (χ0) is 18.9. The van der Waals surface area contributed by atoms with Crippen molar-refractivity contribution in [2.75, 3.05) is 13.7 Å². The fourth-order valence-electron chi connectivity index (χ4n) is 3.02. The molecule has 3 rings (SSSR count). The summed E-state index contributed by atoms with van der Waals surface area (Å²) in [4.78, 5) is 12.2. The molecule has 3 aromatic carbocycles. The van der Waals surface area contributed by atoms with Crippen molar-refractivity contribution < 1.29 is 9.53 Å². The van der Waals surface area contributed by atoms with Crippen LogP contribution in [0.5, 0.6) is 0 Å². The van der Waals surface area contributed by atoms with Gasteiger partial charge in [0.2, 0.25) is 0 Å². The predicted molar refractivity (Wildman–Crippen MR) is 109 cm³/mol. The monoisotopic (exact) mass is 357 g/mol. The molecule has 0 aromatic heterocycles. The molecule has 0 radical (unpaired) electrons. The molecule has 0 saturated heterocycles. The Kier molecular flexibility index (Phi) is 6.55. The van der Waals surface area contributed by atoms with E-state index in [1.807, 2.05) is 66.7 Å². The lowest BCUT2D eigenvalue weighted by molar-refractivity contribution is -0.143. The van der Waals surface area contributed by atoms with E-state index >= 15 is 0 Å². The standard InChI is InChI=1S/C24H23NO2/c1-27-24(26)23(21-15-9-4-10-16-21)25-18-17-22(19-11-5-2-6-12-19)20-13-7-3-8-14-20/h2-17,23,25H,18H2,1H3/t23-/m1/s1. The third-order valence-corrected chi connectivity index (χ3v) is 4.37. The first-order chi connectivity index (χ1) is 13.3. The normalized spacial score (nSPS) is 11.4. The zero-order valence-corrected chi connectivity index (χ0v) is 15.3. The molecule has 0 saturated carbocycles. The van der Waals surface area contributed by atoms with Gasteiger partial charge in [-0.25, -0.2) is 4.79 Å². The number of carbonyl (C=O) groups is 1. The third kappa shape index (κ3) is 4.93. The average molecular weight is 357 g/mol. The minimum absolute atomic E-state index is 0.296. The third-order valence-electron chi connectivity index (χ3n) is 4.37. The van der Waals surface area contributed by atoms with E-state index in [-0.39, 0.29) is 5.97 Å². The first-order valence-corrected chi connectivity index (χ1v) is 8.97. The van der Waals surface area contributed by atoms with Crippen LogP contribution in [0.15, 0.2) is 97.1 Å². The molecule has 0 aliphatic carbocycles. The maximum atomic E-state index is 12.2. The minimum atomic E-state index is -0.500. The second-order valence-corrected chi connectivity index (χ2v) is 6.12. The van der Waals surface area contributed by atoms with Crippen molar-refractivity contribution in [2.45, 2.75) is 6.04 Å². The van der Waals surface area contributed by atoms with Crippen LogP contribution in [0.3, 0.4) is 0 Å². The highest BCUT2D eigenvalue weighted by molar-refractivity contribution is 5.80. The van der Waals surface area contributed by atoms with Gasteiger partial charge in [-0.05, 0) is 22.3 Å². The number of methoxy groups -OCH3 is 1. The van der Waals surface area contributed by atoms with E-state index in [1.54, 1.807) is 0 Å². The number of benzene rings is 3. The summed E-state index contributed by atoms with van der Waals surface area (Å²) in [6.07, 6.45) is 2.11. The Morgan fingerprint density at radius 1 is 0.852 bits per heavy atom. The Morgan fingerprint density at radius 2 is 1.33 bits per heavy atom. The van der Waals surface area contributed by atoms with Gasteiger partial charge in [0, 0.05) is 6.54 Å². The smallest absolute Gasteiger partial charge is 0.327 e. The topological polar surface area (TPSA) is 38.3 Å². The van der Waals surface area contributed by atoms with Crippen LogP contribution in [-0.2, 0) is 9.53 Å². The van der Waals surface area contributed by atoms with Crippen LogP contribution < -0.4 is 5.32 Å². The van der Waals surface area contributed by atoms with E-state index in [2.05, 4.69) is 35.7 Å². The lowest BCUT2D eigenvalue weighted by Crippen LogP contribution is -2.29. The minimum Gasteiger partial charge on any atom is -0.468 e. The molecular formula is C24H23NO2. The number of ether oxygens (including phenoxy) is 1. The van der Waals surface area contributed by atoms with Gasteiger partial charge in [0.1, 0.15) is 6.04 Å². The molecule has 3 aromatic rings. The molecule has 136 valence electrons. The van der Waals surface area contributed by atoms with Gasteiger partial charge < -0.3 is 4.74 Å². The zero-order valence-electron chi connectivity index (χ0n) is 15.3. The van der Waals surface area contributed by atoms with Crippen molar-refractivity contribution >= 4 is 11.5 Å². The average Bonchev–Trinajstić information content (AvgIpc) is 2.75. The van der Waals surface area contributed by atoms with Gasteiger partial charge in [-0.2, -0.15) is 0 Å². The number of nitrogens with one attached hydrogen (secondary N) is 1. The summed E-state index contributed by atoms with van der Waals surface area (Å²) in [7, 11) is 1.41. The van der Waals surface area contributed by atoms with Crippen LogP contribution in [0.2, 0.25) is 0 Å². The molecule has 1 N–H and O–H groups in total. The van der Waals surface area contributed by atoms with Crippen molar-refractivity contribution in [2.24, 2.45) is 0 Å². The van der Waals surface area contributed by atoms with E-state index in [0.29, 0.717) is 6.54 Å². The van der Waals surface area contributed by atoms with Crippen LogP contribution in [0, 0.1) is 0 Å². The molecule has 27 heavy (non-hydrogen) atoms. The number of rotatable bonds is 7. The number of hydrogen-bond acceptors (Lipinski definition) is 3. The molecule has 3 heteroatoms. The van der Waals surface area contributed by atoms with Gasteiger partial charge >= 0.3 is 5.97 Å². The van der Waals surface area contributed by atoms with Crippen LogP contribution in [0.4, 0.5) is 0 Å². The fraction of sp³-hybridized carbons (Fsp3) is 0.125. The van der Waals surface area contributed by atoms with Gasteiger partial charge in [-0.15, -0.1) is 0 Å². The van der Waals surface area contributed by atoms with Crippen LogP contribution >= 0.6 is 0 Å². The van der Waals surface area contributed by atoms with E-state index in [4.69, 9.17) is 4.74 Å². The second kappa shape index (κ2) is 9.51. The summed E-state index contributed by atoms with van der Waals surface area (Å²) >= 11 is 0. The first kappa shape index (κ1) is 18.6. The van der Waals surface area contributed by atoms with E-state index < -0.39 is 6.04 Å². The molecule has 0 aliphatic rings. The molecule has 0 bridgehead atoms. The van der Waals surface area contributed by atoms with Crippen molar-refractivity contribution in [3.63, 3.8) is 0 Å². The molecule has 1 atom stereocenters. The number of carbonyl (C=O) groups excluding carboxylic acids is 1. The molecular weight excluding hydrogens is 334 g/mol. The molecule has 0 amide bonds. The van der Waals surface area contributed by atoms with Gasteiger partial charge in [0.25, 0.3) is 0 Å². The van der Waals surface area contributed by atoms with Gasteiger partial charge in [0.15, 0.2) is 0 Å². The predicted octanol–water partition coefficient (Wildman–Crippen LogP) is 4.62. The summed E-state index contributed by atoms with van der Waals surface area (Å²) < 4.78 is 4.97. The van der Waals surface area contributed by atoms with Crippen molar-refractivity contribution in [1.29, 1.82) is 0 Å². The Hall–Kier alpha value is -3.17. The molecule has 0 aliphatic heterocycles. The van der Waals surface area contributed by atoms with Crippen molar-refractivity contribution in [3.05, 3.63) is 114 Å². The van der Waals surface area contributed by atoms with E-state index in [1.165, 1.54) is 7.11 Å². The molecule has 0 fully saturated rings. The lowest BCUT2D eigenvalue weighted by Gasteiger charge is -2.16. The van der Waals surface area contributed by atoms with E-state index in [9.17, 15) is 4.79 Å². The molecule has 0 heterocycles. The first-order valence-electron chi connectivity index (χ1n) is 8.97. The van der Waals surface area contributed by atoms with Crippen molar-refractivity contribution in [3.8, 4) is 0 Å². The highest BCUT2D eigenvalue weighted by atomic mass is 16.5. The van der Waals surface area contributed by atoms with Crippen LogP contribution in [0.25, 0.3) is 5.57 Å². The second-order valence-electron chi connectivity index (χ2n) is 6.12. The molecule has 3 nitrogen and oxygen atoms in total. The summed E-state index contributed by atoms with van der Waals surface area (Å²) in [6, 6.07) is 29.6. The molecule has 0 spiro atoms. The van der Waals surface area contributed by atoms with Gasteiger partial charge in [-0.1, -0.05) is 97.1 Å². The van der Waals surface area contributed by atoms with E-state index in [0.717, 1.165) is 22.3 Å². The summed E-state index contributed by atoms with van der Waals surface area (Å²) in [5, 5.41) is 3.31. The highest BCUT2D eigenvalue weighted by Crippen LogP contribution is 2.23. The fourth-order valence-corrected chi connectivity index (χ4v) is 3.02. The number of esters is 1. The number of hydrogen-bond donors (Lipinski definition) is 1. The quantitative estimate of drug-likeness (QED) is 0.627. The SMILES string of the molecule is COC(=O)[C@H](NCC=C(c1ccccc1)c1ccccc1)c1ccccc1. The Labute approximate surface area is 160 Å². The van der Waals surface area contributed by atoms with Gasteiger partial charge in [-0.3, -0.25) is 5.32 Å². The maximum Gasteiger partial charge on any atom is 0.327 e. The Bertz CT molecular complexity index is 833. The summed E-state index contributed by atoms with van der Waals surface area (Å²) in [5.74, 6) is -0.296. The lowest BCUT2D eigenvalue weighted by atomic mass is 9.97. The van der Waals surface area contributed by atoms with Gasteiger partial charge in [0.05, 0.1) is 7.11 Å².